The van der Waals surface area contributed by atoms with Gasteiger partial charge in [-0.1, -0.05) is 20.8 Å². The van der Waals surface area contributed by atoms with Crippen molar-refractivity contribution in [3.05, 3.63) is 17.5 Å². The molecule has 1 aliphatic heterocycles. The van der Waals surface area contributed by atoms with Gasteiger partial charge in [0.1, 0.15) is 0 Å². The molecular weight excluding hydrogens is 276 g/mol. The van der Waals surface area contributed by atoms with Crippen molar-refractivity contribution in [1.82, 2.24) is 19.6 Å². The first kappa shape index (κ1) is 17.0. The molecule has 5 nitrogen and oxygen atoms in total. The van der Waals surface area contributed by atoms with Gasteiger partial charge >= 0.3 is 0 Å². The second-order valence-electron chi connectivity index (χ2n) is 7.76. The first-order valence-electron chi connectivity index (χ1n) is 8.15. The monoisotopic (exact) mass is 306 g/mol. The van der Waals surface area contributed by atoms with Crippen molar-refractivity contribution in [3.63, 3.8) is 0 Å². The van der Waals surface area contributed by atoms with Gasteiger partial charge in [0.25, 0.3) is 0 Å². The Kier molecular flexibility index (Phi) is 4.95. The molecule has 2 rings (SSSR count). The number of nitrogens with zero attached hydrogens (tertiary/aromatic N) is 4. The molecule has 0 N–H and O–H groups in total. The Labute approximate surface area is 134 Å². The summed E-state index contributed by atoms with van der Waals surface area (Å²) >= 11 is 0. The average molecular weight is 306 g/mol. The van der Waals surface area contributed by atoms with Gasteiger partial charge in [-0.3, -0.25) is 9.48 Å². The summed E-state index contributed by atoms with van der Waals surface area (Å²) in [6, 6.07) is 2.20. The van der Waals surface area contributed by atoms with Crippen molar-refractivity contribution in [3.8, 4) is 0 Å². The molecule has 0 radical (unpaired) electrons. The first-order valence-corrected chi connectivity index (χ1v) is 8.15. The average Bonchev–Trinajstić information content (AvgIpc) is 2.78. The highest BCUT2D eigenvalue weighted by Gasteiger charge is 2.32. The molecule has 1 saturated heterocycles. The van der Waals surface area contributed by atoms with Crippen LogP contribution in [-0.2, 0) is 18.4 Å². The highest BCUT2D eigenvalue weighted by atomic mass is 16.2. The molecule has 0 unspecified atom stereocenters. The van der Waals surface area contributed by atoms with E-state index in [1.807, 2.05) is 37.4 Å². The van der Waals surface area contributed by atoms with Gasteiger partial charge in [-0.25, -0.2) is 0 Å². The van der Waals surface area contributed by atoms with Crippen molar-refractivity contribution in [1.29, 1.82) is 0 Å². The summed E-state index contributed by atoms with van der Waals surface area (Å²) in [4.78, 5) is 16.7. The van der Waals surface area contributed by atoms with Crippen molar-refractivity contribution >= 4 is 5.91 Å². The van der Waals surface area contributed by atoms with Crippen LogP contribution in [0, 0.1) is 5.41 Å². The lowest BCUT2D eigenvalue weighted by Gasteiger charge is -2.36. The molecule has 0 aromatic carbocycles. The van der Waals surface area contributed by atoms with E-state index in [1.165, 1.54) is 5.69 Å². The number of amides is 1. The third-order valence-corrected chi connectivity index (χ3v) is 4.24. The number of aromatic nitrogens is 2. The Bertz CT molecular complexity index is 527. The maximum absolute atomic E-state index is 12.5. The molecule has 22 heavy (non-hydrogen) atoms. The number of carbonyl (C=O) groups excluding carboxylic acids is 1. The van der Waals surface area contributed by atoms with Gasteiger partial charge in [-0.15, -0.1) is 0 Å². The van der Waals surface area contributed by atoms with Crippen molar-refractivity contribution in [2.24, 2.45) is 12.5 Å². The van der Waals surface area contributed by atoms with E-state index < -0.39 is 0 Å². The predicted molar refractivity (Wildman–Crippen MR) is 88.6 cm³/mol. The number of hydrogen-bond acceptors (Lipinski definition) is 3. The molecule has 1 fully saturated rings. The molecule has 1 aromatic rings. The fourth-order valence-corrected chi connectivity index (χ4v) is 3.08. The zero-order valence-corrected chi connectivity index (χ0v) is 14.9. The molecule has 0 aliphatic carbocycles. The normalized spacial score (nSPS) is 19.8. The number of likely N-dealkylation sites (tertiary alicyclic amines) is 1. The van der Waals surface area contributed by atoms with Crippen LogP contribution in [0.3, 0.4) is 0 Å². The number of piperidine rings is 1. The summed E-state index contributed by atoms with van der Waals surface area (Å²) in [6.45, 7) is 8.55. The second kappa shape index (κ2) is 6.41. The van der Waals surface area contributed by atoms with E-state index in [0.717, 1.165) is 38.2 Å². The molecule has 1 atom stereocenters. The lowest BCUT2D eigenvalue weighted by atomic mass is 9.90. The molecule has 124 valence electrons. The molecule has 0 spiro atoms. The predicted octanol–water partition coefficient (Wildman–Crippen LogP) is 2.23. The molecule has 5 heteroatoms. The van der Waals surface area contributed by atoms with Crippen molar-refractivity contribution in [2.75, 3.05) is 27.2 Å². The van der Waals surface area contributed by atoms with E-state index in [2.05, 4.69) is 25.1 Å². The number of aryl methyl sites for hydroxylation is 1. The molecule has 0 saturated carbocycles. The van der Waals surface area contributed by atoms with E-state index >= 15 is 0 Å². The Hall–Kier alpha value is -1.36. The lowest BCUT2D eigenvalue weighted by Crippen LogP contribution is -2.44. The van der Waals surface area contributed by atoms with Crippen LogP contribution in [0.2, 0.25) is 0 Å². The summed E-state index contributed by atoms with van der Waals surface area (Å²) in [7, 11) is 6.14. The van der Waals surface area contributed by atoms with Gasteiger partial charge in [-0.2, -0.15) is 5.10 Å². The van der Waals surface area contributed by atoms with E-state index in [1.54, 1.807) is 0 Å². The van der Waals surface area contributed by atoms with Crippen LogP contribution >= 0.6 is 0 Å². The summed E-state index contributed by atoms with van der Waals surface area (Å²) in [5.74, 6) is 0.615. The summed E-state index contributed by atoms with van der Waals surface area (Å²) < 4.78 is 1.97. The first-order chi connectivity index (χ1) is 10.2. The van der Waals surface area contributed by atoms with Crippen molar-refractivity contribution < 1.29 is 4.79 Å². The minimum absolute atomic E-state index is 0.252. The van der Waals surface area contributed by atoms with E-state index in [9.17, 15) is 4.79 Å². The van der Waals surface area contributed by atoms with Crippen LogP contribution in [0.1, 0.15) is 50.9 Å². The summed E-state index contributed by atoms with van der Waals surface area (Å²) in [5.41, 5.74) is 2.05. The number of carbonyl (C=O) groups is 1. The zero-order valence-electron chi connectivity index (χ0n) is 14.9. The van der Waals surface area contributed by atoms with Crippen LogP contribution in [0.15, 0.2) is 6.07 Å². The quantitative estimate of drug-likeness (QED) is 0.860. The van der Waals surface area contributed by atoms with Gasteiger partial charge in [0.05, 0.1) is 11.4 Å². The molecule has 1 aliphatic rings. The fraction of sp³-hybridized carbons (Fsp3) is 0.765. The van der Waals surface area contributed by atoms with E-state index in [0.29, 0.717) is 5.92 Å². The maximum Gasteiger partial charge on any atom is 0.227 e. The van der Waals surface area contributed by atoms with Gasteiger partial charge in [0.2, 0.25) is 5.91 Å². The smallest absolute Gasteiger partial charge is 0.227 e. The highest BCUT2D eigenvalue weighted by molar-refractivity contribution is 5.81. The standard InChI is InChI=1S/C17H30N4O/c1-17(2,3)16(22)21-9-7-8-13(11-21)15-10-14(12-19(4)5)20(6)18-15/h10,13H,7-9,11-12H2,1-6H3/t13-/m0/s1. The molecular formula is C17H30N4O. The molecule has 1 aromatic heterocycles. The largest absolute Gasteiger partial charge is 0.342 e. The van der Waals surface area contributed by atoms with E-state index in [4.69, 9.17) is 5.10 Å². The maximum atomic E-state index is 12.5. The molecule has 2 heterocycles. The minimum Gasteiger partial charge on any atom is -0.342 e. The minimum atomic E-state index is -0.303. The summed E-state index contributed by atoms with van der Waals surface area (Å²) in [6.07, 6.45) is 2.18. The van der Waals surface area contributed by atoms with Gasteiger partial charge in [0, 0.05) is 38.0 Å². The van der Waals surface area contributed by atoms with Crippen LogP contribution in [0.4, 0.5) is 0 Å². The van der Waals surface area contributed by atoms with Crippen LogP contribution in [0.25, 0.3) is 0 Å². The molecule has 1 amide bonds. The Morgan fingerprint density at radius 1 is 1.41 bits per heavy atom. The summed E-state index contributed by atoms with van der Waals surface area (Å²) in [5, 5.41) is 4.70. The zero-order chi connectivity index (χ0) is 16.5. The highest BCUT2D eigenvalue weighted by Crippen LogP contribution is 2.29. The van der Waals surface area contributed by atoms with Gasteiger partial charge < -0.3 is 9.80 Å². The fourth-order valence-electron chi connectivity index (χ4n) is 3.08. The molecule has 0 bridgehead atoms. The van der Waals surface area contributed by atoms with Gasteiger partial charge in [-0.05, 0) is 33.0 Å². The van der Waals surface area contributed by atoms with Crippen molar-refractivity contribution in [2.45, 2.75) is 46.1 Å². The van der Waals surface area contributed by atoms with Crippen LogP contribution in [-0.4, -0.2) is 52.7 Å². The topological polar surface area (TPSA) is 41.4 Å². The lowest BCUT2D eigenvalue weighted by molar-refractivity contribution is -0.140. The number of hydrogen-bond donors (Lipinski definition) is 0. The Morgan fingerprint density at radius 2 is 2.09 bits per heavy atom. The van der Waals surface area contributed by atoms with Crippen LogP contribution in [0.5, 0.6) is 0 Å². The van der Waals surface area contributed by atoms with Gasteiger partial charge in [0.15, 0.2) is 0 Å². The third kappa shape index (κ3) is 3.88. The van der Waals surface area contributed by atoms with E-state index in [-0.39, 0.29) is 11.3 Å². The second-order valence-corrected chi connectivity index (χ2v) is 7.76. The Balaban J connectivity index is 2.11. The van der Waals surface area contributed by atoms with Crippen LogP contribution < -0.4 is 0 Å². The number of rotatable bonds is 3. The Morgan fingerprint density at radius 3 is 2.68 bits per heavy atom. The SMILES string of the molecule is CN(C)Cc1cc([C@H]2CCCN(C(=O)C(C)(C)C)C2)nn1C. The third-order valence-electron chi connectivity index (χ3n) is 4.24.